The maximum absolute atomic E-state index is 10.5. The number of hydrogen-bond donors (Lipinski definition) is 1. The summed E-state index contributed by atoms with van der Waals surface area (Å²) in [6.45, 7) is 18.1. The van der Waals surface area contributed by atoms with Crippen LogP contribution >= 0.6 is 0 Å². The summed E-state index contributed by atoms with van der Waals surface area (Å²) in [5, 5.41) is 9.00. The van der Waals surface area contributed by atoms with E-state index < -0.39 is 6.10 Å². The summed E-state index contributed by atoms with van der Waals surface area (Å²) in [4.78, 5) is 10.5. The molecule has 0 aromatic carbocycles. The molecular formula is C19H40O6. The van der Waals surface area contributed by atoms with Crippen LogP contribution in [0.25, 0.3) is 0 Å². The van der Waals surface area contributed by atoms with Gasteiger partial charge in [0.2, 0.25) is 0 Å². The standard InChI is InChI=1S/C11H22O5.C8H18O/c1-8(12)5-14-9(2)6-15-10(3)7-16-11(4)13;1-7(2)5-9-6-8(3)4/h8-10,12H,5-7H2,1-4H3;7-8H,5-6H2,1-4H3. The smallest absolute Gasteiger partial charge is 0.302 e. The Kier molecular flexibility index (Phi) is 17.8. The van der Waals surface area contributed by atoms with Crippen LogP contribution in [-0.2, 0) is 23.7 Å². The molecule has 0 spiro atoms. The number of hydrogen-bond acceptors (Lipinski definition) is 6. The summed E-state index contributed by atoms with van der Waals surface area (Å²) in [6.07, 6.45) is -0.711. The Bertz CT molecular complexity index is 296. The van der Waals surface area contributed by atoms with Gasteiger partial charge in [0.25, 0.3) is 0 Å². The lowest BCUT2D eigenvalue weighted by Gasteiger charge is -2.18. The predicted octanol–water partition coefficient (Wildman–Crippen LogP) is 3.06. The van der Waals surface area contributed by atoms with Crippen LogP contribution in [0.1, 0.15) is 55.4 Å². The highest BCUT2D eigenvalue weighted by Crippen LogP contribution is 1.99. The summed E-state index contributed by atoms with van der Waals surface area (Å²) >= 11 is 0. The third-order valence-electron chi connectivity index (χ3n) is 2.66. The lowest BCUT2D eigenvalue weighted by atomic mass is 10.2. The van der Waals surface area contributed by atoms with Crippen molar-refractivity contribution in [1.29, 1.82) is 0 Å². The zero-order valence-corrected chi connectivity index (χ0v) is 17.4. The minimum Gasteiger partial charge on any atom is -0.463 e. The molecule has 0 heterocycles. The molecule has 0 saturated carbocycles. The largest absolute Gasteiger partial charge is 0.463 e. The lowest BCUT2D eigenvalue weighted by molar-refractivity contribution is -0.145. The van der Waals surface area contributed by atoms with Gasteiger partial charge in [0.05, 0.1) is 31.5 Å². The van der Waals surface area contributed by atoms with E-state index in [9.17, 15) is 4.79 Å². The van der Waals surface area contributed by atoms with Crippen molar-refractivity contribution < 1.29 is 28.8 Å². The fourth-order valence-corrected chi connectivity index (χ4v) is 1.47. The highest BCUT2D eigenvalue weighted by atomic mass is 16.6. The monoisotopic (exact) mass is 364 g/mol. The molecule has 0 fully saturated rings. The van der Waals surface area contributed by atoms with Crippen LogP contribution in [0.4, 0.5) is 0 Å². The van der Waals surface area contributed by atoms with E-state index in [1.807, 2.05) is 13.8 Å². The number of ether oxygens (including phenoxy) is 4. The van der Waals surface area contributed by atoms with Gasteiger partial charge in [-0.3, -0.25) is 4.79 Å². The fraction of sp³-hybridized carbons (Fsp3) is 0.947. The van der Waals surface area contributed by atoms with Crippen LogP contribution in [0.15, 0.2) is 0 Å². The van der Waals surface area contributed by atoms with Crippen molar-refractivity contribution in [2.45, 2.75) is 73.7 Å². The van der Waals surface area contributed by atoms with Crippen LogP contribution < -0.4 is 0 Å². The van der Waals surface area contributed by atoms with Gasteiger partial charge >= 0.3 is 5.97 Å². The van der Waals surface area contributed by atoms with E-state index in [0.29, 0.717) is 25.0 Å². The molecule has 3 unspecified atom stereocenters. The molecule has 0 aromatic rings. The Hall–Kier alpha value is -0.690. The highest BCUT2D eigenvalue weighted by Gasteiger charge is 2.09. The van der Waals surface area contributed by atoms with Crippen molar-refractivity contribution >= 4 is 5.97 Å². The average molecular weight is 365 g/mol. The minimum absolute atomic E-state index is 0.0885. The first-order chi connectivity index (χ1) is 11.5. The molecule has 0 bridgehead atoms. The molecule has 0 radical (unpaired) electrons. The molecule has 25 heavy (non-hydrogen) atoms. The van der Waals surface area contributed by atoms with E-state index in [2.05, 4.69) is 27.7 Å². The maximum Gasteiger partial charge on any atom is 0.302 e. The SMILES string of the molecule is CC(=O)OCC(C)OCC(C)OCC(C)O.CC(C)COCC(C)C. The van der Waals surface area contributed by atoms with Crippen LogP contribution in [0.3, 0.4) is 0 Å². The Morgan fingerprint density at radius 2 is 1.20 bits per heavy atom. The second kappa shape index (κ2) is 16.8. The molecule has 3 atom stereocenters. The molecule has 0 rings (SSSR count). The molecular weight excluding hydrogens is 324 g/mol. The molecule has 6 nitrogen and oxygen atoms in total. The molecule has 0 aliphatic rings. The molecule has 0 aromatic heterocycles. The number of carbonyl (C=O) groups excluding carboxylic acids is 1. The third-order valence-corrected chi connectivity index (χ3v) is 2.66. The van der Waals surface area contributed by atoms with Gasteiger partial charge in [-0.05, 0) is 32.6 Å². The predicted molar refractivity (Wildman–Crippen MR) is 99.6 cm³/mol. The van der Waals surface area contributed by atoms with Crippen LogP contribution in [0, 0.1) is 11.8 Å². The van der Waals surface area contributed by atoms with Gasteiger partial charge < -0.3 is 24.1 Å². The molecule has 6 heteroatoms. The van der Waals surface area contributed by atoms with Crippen molar-refractivity contribution in [2.75, 3.05) is 33.0 Å². The maximum atomic E-state index is 10.5. The Morgan fingerprint density at radius 3 is 1.60 bits per heavy atom. The molecule has 0 aliphatic carbocycles. The number of carbonyl (C=O) groups is 1. The van der Waals surface area contributed by atoms with Crippen molar-refractivity contribution in [3.8, 4) is 0 Å². The summed E-state index contributed by atoms with van der Waals surface area (Å²) in [5.74, 6) is 1.03. The molecule has 152 valence electrons. The Labute approximate surface area is 154 Å². The topological polar surface area (TPSA) is 74.2 Å². The van der Waals surface area contributed by atoms with Crippen LogP contribution in [0.2, 0.25) is 0 Å². The zero-order chi connectivity index (χ0) is 19.8. The summed E-state index contributed by atoms with van der Waals surface area (Å²) in [5.41, 5.74) is 0. The van der Waals surface area contributed by atoms with Crippen molar-refractivity contribution in [2.24, 2.45) is 11.8 Å². The lowest BCUT2D eigenvalue weighted by Crippen LogP contribution is -2.26. The molecule has 0 aliphatic heterocycles. The van der Waals surface area contributed by atoms with Crippen LogP contribution in [-0.4, -0.2) is 62.4 Å². The first-order valence-corrected chi connectivity index (χ1v) is 9.16. The van der Waals surface area contributed by atoms with Gasteiger partial charge in [0, 0.05) is 20.1 Å². The second-order valence-electron chi connectivity index (χ2n) is 7.26. The number of aliphatic hydroxyl groups is 1. The number of esters is 1. The molecule has 1 N–H and O–H groups in total. The van der Waals surface area contributed by atoms with Gasteiger partial charge in [-0.15, -0.1) is 0 Å². The van der Waals surface area contributed by atoms with E-state index in [0.717, 1.165) is 13.2 Å². The molecule has 0 amide bonds. The quantitative estimate of drug-likeness (QED) is 0.537. The first kappa shape index (κ1) is 26.5. The fourth-order valence-electron chi connectivity index (χ4n) is 1.47. The van der Waals surface area contributed by atoms with E-state index in [4.69, 9.17) is 24.1 Å². The third kappa shape index (κ3) is 25.7. The van der Waals surface area contributed by atoms with E-state index in [1.165, 1.54) is 6.92 Å². The van der Waals surface area contributed by atoms with Gasteiger partial charge in [0.1, 0.15) is 6.61 Å². The summed E-state index contributed by atoms with van der Waals surface area (Å²) < 4.78 is 20.8. The number of aliphatic hydroxyl groups excluding tert-OH is 1. The normalized spacial score (nSPS) is 14.7. The van der Waals surface area contributed by atoms with Crippen molar-refractivity contribution in [1.82, 2.24) is 0 Å². The van der Waals surface area contributed by atoms with Gasteiger partial charge in [-0.2, -0.15) is 0 Å². The van der Waals surface area contributed by atoms with Gasteiger partial charge in [0.15, 0.2) is 0 Å². The second-order valence-corrected chi connectivity index (χ2v) is 7.26. The van der Waals surface area contributed by atoms with Crippen molar-refractivity contribution in [3.05, 3.63) is 0 Å². The average Bonchev–Trinajstić information content (AvgIpc) is 2.48. The minimum atomic E-state index is -0.471. The highest BCUT2D eigenvalue weighted by molar-refractivity contribution is 5.65. The van der Waals surface area contributed by atoms with Crippen LogP contribution in [0.5, 0.6) is 0 Å². The summed E-state index contributed by atoms with van der Waals surface area (Å²) in [7, 11) is 0. The van der Waals surface area contributed by atoms with E-state index in [1.54, 1.807) is 6.92 Å². The Morgan fingerprint density at radius 1 is 0.760 bits per heavy atom. The number of rotatable bonds is 12. The van der Waals surface area contributed by atoms with E-state index >= 15 is 0 Å². The Balaban J connectivity index is 0. The molecule has 0 saturated heterocycles. The van der Waals surface area contributed by atoms with Crippen molar-refractivity contribution in [3.63, 3.8) is 0 Å². The van der Waals surface area contributed by atoms with Gasteiger partial charge in [-0.1, -0.05) is 27.7 Å². The zero-order valence-electron chi connectivity index (χ0n) is 17.4. The van der Waals surface area contributed by atoms with E-state index in [-0.39, 0.29) is 24.8 Å². The van der Waals surface area contributed by atoms with Gasteiger partial charge in [-0.25, -0.2) is 0 Å². The first-order valence-electron chi connectivity index (χ1n) is 9.16. The summed E-state index contributed by atoms with van der Waals surface area (Å²) in [6, 6.07) is 0.